The van der Waals surface area contributed by atoms with E-state index in [4.69, 9.17) is 4.42 Å². The summed E-state index contributed by atoms with van der Waals surface area (Å²) in [4.78, 5) is 18.0. The van der Waals surface area contributed by atoms with Gasteiger partial charge in [0, 0.05) is 7.05 Å². The Balaban J connectivity index is 1.68. The van der Waals surface area contributed by atoms with Gasteiger partial charge in [-0.1, -0.05) is 23.5 Å². The summed E-state index contributed by atoms with van der Waals surface area (Å²) in [5.74, 6) is 0.743. The molecule has 102 valence electrons. The molecular formula is C14H13N3O2S. The number of nitrogens with zero attached hydrogens (tertiary/aromatic N) is 2. The van der Waals surface area contributed by atoms with Crippen molar-refractivity contribution in [1.82, 2.24) is 9.88 Å². The molecule has 1 N–H and O–H groups in total. The summed E-state index contributed by atoms with van der Waals surface area (Å²) in [6.45, 7) is 0.420. The Morgan fingerprint density at radius 3 is 2.95 bits per heavy atom. The number of aromatic nitrogens is 1. The molecule has 0 atom stereocenters. The van der Waals surface area contributed by atoms with Crippen molar-refractivity contribution in [2.75, 3.05) is 12.4 Å². The van der Waals surface area contributed by atoms with Gasteiger partial charge in [0.1, 0.15) is 5.76 Å². The van der Waals surface area contributed by atoms with Crippen LogP contribution in [0.25, 0.3) is 10.2 Å². The zero-order valence-corrected chi connectivity index (χ0v) is 11.7. The van der Waals surface area contributed by atoms with Crippen LogP contribution in [-0.4, -0.2) is 23.0 Å². The molecule has 2 amide bonds. The lowest BCUT2D eigenvalue weighted by Gasteiger charge is -2.15. The molecule has 0 fully saturated rings. The number of urea groups is 1. The first kappa shape index (κ1) is 12.7. The van der Waals surface area contributed by atoms with Crippen LogP contribution in [0.3, 0.4) is 0 Å². The van der Waals surface area contributed by atoms with Crippen molar-refractivity contribution in [1.29, 1.82) is 0 Å². The largest absolute Gasteiger partial charge is 0.467 e. The number of benzene rings is 1. The van der Waals surface area contributed by atoms with Crippen LogP contribution in [0.2, 0.25) is 0 Å². The van der Waals surface area contributed by atoms with E-state index in [9.17, 15) is 4.79 Å². The Bertz CT molecular complexity index is 688. The van der Waals surface area contributed by atoms with Crippen LogP contribution in [0.15, 0.2) is 47.1 Å². The van der Waals surface area contributed by atoms with Crippen molar-refractivity contribution < 1.29 is 9.21 Å². The first-order valence-corrected chi connectivity index (χ1v) is 6.94. The maximum atomic E-state index is 12.1. The number of hydrogen-bond donors (Lipinski definition) is 1. The van der Waals surface area contributed by atoms with Crippen LogP contribution in [0.1, 0.15) is 5.76 Å². The Labute approximate surface area is 119 Å². The zero-order valence-electron chi connectivity index (χ0n) is 10.9. The fourth-order valence-electron chi connectivity index (χ4n) is 1.82. The number of rotatable bonds is 3. The molecule has 0 saturated carbocycles. The van der Waals surface area contributed by atoms with Crippen LogP contribution >= 0.6 is 11.3 Å². The van der Waals surface area contributed by atoms with Gasteiger partial charge in [-0.05, 0) is 24.3 Å². The number of thiazole rings is 1. The fraction of sp³-hybridized carbons (Fsp3) is 0.143. The van der Waals surface area contributed by atoms with Crippen molar-refractivity contribution in [3.63, 3.8) is 0 Å². The minimum atomic E-state index is -0.208. The number of carbonyl (C=O) groups is 1. The maximum Gasteiger partial charge on any atom is 0.323 e. The molecule has 2 aromatic heterocycles. The molecule has 3 aromatic rings. The monoisotopic (exact) mass is 287 g/mol. The van der Waals surface area contributed by atoms with E-state index in [0.717, 1.165) is 16.0 Å². The molecule has 2 heterocycles. The van der Waals surface area contributed by atoms with Gasteiger partial charge < -0.3 is 9.32 Å². The zero-order chi connectivity index (χ0) is 13.9. The normalized spacial score (nSPS) is 10.7. The number of carbonyl (C=O) groups excluding carboxylic acids is 1. The van der Waals surface area contributed by atoms with E-state index < -0.39 is 0 Å². The summed E-state index contributed by atoms with van der Waals surface area (Å²) in [6.07, 6.45) is 1.59. The Morgan fingerprint density at radius 1 is 1.35 bits per heavy atom. The van der Waals surface area contributed by atoms with Gasteiger partial charge in [-0.2, -0.15) is 0 Å². The lowest BCUT2D eigenvalue weighted by molar-refractivity contribution is 0.217. The Hall–Kier alpha value is -2.34. The molecule has 0 aliphatic rings. The Morgan fingerprint density at radius 2 is 2.20 bits per heavy atom. The van der Waals surface area contributed by atoms with Crippen molar-refractivity contribution in [2.24, 2.45) is 0 Å². The summed E-state index contributed by atoms with van der Waals surface area (Å²) in [6, 6.07) is 11.2. The van der Waals surface area contributed by atoms with Crippen molar-refractivity contribution >= 4 is 32.7 Å². The third kappa shape index (κ3) is 2.65. The molecule has 20 heavy (non-hydrogen) atoms. The third-order valence-corrected chi connectivity index (χ3v) is 3.78. The minimum absolute atomic E-state index is 0.208. The van der Waals surface area contributed by atoms with Gasteiger partial charge in [-0.15, -0.1) is 0 Å². The number of anilines is 1. The second kappa shape index (κ2) is 5.34. The number of amides is 2. The van der Waals surface area contributed by atoms with Crippen LogP contribution in [0.5, 0.6) is 0 Å². The SMILES string of the molecule is CN(Cc1ccco1)C(=O)Nc1nc2ccccc2s1. The molecule has 0 aliphatic carbocycles. The first-order valence-electron chi connectivity index (χ1n) is 6.12. The summed E-state index contributed by atoms with van der Waals surface area (Å²) < 4.78 is 6.27. The first-order chi connectivity index (χ1) is 9.72. The molecule has 3 rings (SSSR count). The second-order valence-corrected chi connectivity index (χ2v) is 5.38. The standard InChI is InChI=1S/C14H13N3O2S/c1-17(9-10-5-4-8-19-10)14(18)16-13-15-11-6-2-3-7-12(11)20-13/h2-8H,9H2,1H3,(H,15,16,18). The predicted molar refractivity (Wildman–Crippen MR) is 78.8 cm³/mol. The van der Waals surface area contributed by atoms with E-state index in [1.165, 1.54) is 11.3 Å². The van der Waals surface area contributed by atoms with E-state index in [1.807, 2.05) is 30.3 Å². The minimum Gasteiger partial charge on any atom is -0.467 e. The van der Waals surface area contributed by atoms with Crippen LogP contribution < -0.4 is 5.32 Å². The van der Waals surface area contributed by atoms with Crippen molar-refractivity contribution in [2.45, 2.75) is 6.54 Å². The molecule has 6 heteroatoms. The highest BCUT2D eigenvalue weighted by Crippen LogP contribution is 2.25. The quantitative estimate of drug-likeness (QED) is 0.801. The van der Waals surface area contributed by atoms with E-state index in [1.54, 1.807) is 24.3 Å². The van der Waals surface area contributed by atoms with Crippen molar-refractivity contribution in [3.8, 4) is 0 Å². The highest BCUT2D eigenvalue weighted by Gasteiger charge is 2.13. The van der Waals surface area contributed by atoms with Crippen LogP contribution in [0.4, 0.5) is 9.93 Å². The number of furan rings is 1. The maximum absolute atomic E-state index is 12.1. The van der Waals surface area contributed by atoms with E-state index >= 15 is 0 Å². The number of para-hydroxylation sites is 1. The molecule has 5 nitrogen and oxygen atoms in total. The summed E-state index contributed by atoms with van der Waals surface area (Å²) in [7, 11) is 1.71. The Kier molecular flexibility index (Phi) is 3.39. The van der Waals surface area contributed by atoms with Gasteiger partial charge >= 0.3 is 6.03 Å². The number of hydrogen-bond acceptors (Lipinski definition) is 4. The van der Waals surface area contributed by atoms with Crippen LogP contribution in [-0.2, 0) is 6.54 Å². The van der Waals surface area contributed by atoms with Gasteiger partial charge in [-0.25, -0.2) is 9.78 Å². The average Bonchev–Trinajstić information content (AvgIpc) is 3.06. The second-order valence-electron chi connectivity index (χ2n) is 4.35. The van der Waals surface area contributed by atoms with Gasteiger partial charge in [-0.3, -0.25) is 5.32 Å². The summed E-state index contributed by atoms with van der Waals surface area (Å²) in [5, 5.41) is 3.40. The van der Waals surface area contributed by atoms with Gasteiger partial charge in [0.25, 0.3) is 0 Å². The van der Waals surface area contributed by atoms with E-state index in [2.05, 4.69) is 10.3 Å². The van der Waals surface area contributed by atoms with E-state index in [-0.39, 0.29) is 6.03 Å². The van der Waals surface area contributed by atoms with Gasteiger partial charge in [0.2, 0.25) is 0 Å². The smallest absolute Gasteiger partial charge is 0.323 e. The summed E-state index contributed by atoms with van der Waals surface area (Å²) >= 11 is 1.46. The third-order valence-electron chi connectivity index (χ3n) is 2.83. The lowest BCUT2D eigenvalue weighted by Crippen LogP contribution is -2.30. The highest BCUT2D eigenvalue weighted by molar-refractivity contribution is 7.22. The topological polar surface area (TPSA) is 58.4 Å². The molecular weight excluding hydrogens is 274 g/mol. The molecule has 0 radical (unpaired) electrons. The molecule has 0 saturated heterocycles. The van der Waals surface area contributed by atoms with Gasteiger partial charge in [0.05, 0.1) is 23.0 Å². The molecule has 1 aromatic carbocycles. The predicted octanol–water partition coefficient (Wildman–Crippen LogP) is 3.55. The summed E-state index contributed by atoms with van der Waals surface area (Å²) in [5.41, 5.74) is 0.890. The molecule has 0 bridgehead atoms. The highest BCUT2D eigenvalue weighted by atomic mass is 32.1. The average molecular weight is 287 g/mol. The van der Waals surface area contributed by atoms with E-state index in [0.29, 0.717) is 11.7 Å². The molecule has 0 spiro atoms. The van der Waals surface area contributed by atoms with Gasteiger partial charge in [0.15, 0.2) is 5.13 Å². The van der Waals surface area contributed by atoms with Crippen molar-refractivity contribution in [3.05, 3.63) is 48.4 Å². The molecule has 0 unspecified atom stereocenters. The molecule has 0 aliphatic heterocycles. The fourth-order valence-corrected chi connectivity index (χ4v) is 2.68. The number of fused-ring (bicyclic) bond motifs is 1. The van der Waals surface area contributed by atoms with Crippen LogP contribution in [0, 0.1) is 0 Å². The lowest BCUT2D eigenvalue weighted by atomic mass is 10.3. The number of nitrogens with one attached hydrogen (secondary N) is 1.